The van der Waals surface area contributed by atoms with Gasteiger partial charge in [0.1, 0.15) is 0 Å². The average Bonchev–Trinajstić information content (AvgIpc) is 2.36. The molecular weight excluding hydrogens is 284 g/mol. The maximum atomic E-state index is 2.22. The Morgan fingerprint density at radius 3 is 1.26 bits per heavy atom. The Labute approximate surface area is 126 Å². The molecule has 2 rings (SSSR count). The van der Waals surface area contributed by atoms with Gasteiger partial charge >= 0.3 is 0 Å². The summed E-state index contributed by atoms with van der Waals surface area (Å²) in [4.78, 5) is 2.99. The van der Waals surface area contributed by atoms with Crippen molar-refractivity contribution in [1.29, 1.82) is 0 Å². The Balaban J connectivity index is 2.05. The van der Waals surface area contributed by atoms with Gasteiger partial charge in [0.15, 0.2) is 7.82 Å². The number of hydrogen-bond donors (Lipinski definition) is 0. The van der Waals surface area contributed by atoms with Gasteiger partial charge in [-0.25, -0.2) is 0 Å². The van der Waals surface area contributed by atoms with E-state index in [0.717, 1.165) is 0 Å². The van der Waals surface area contributed by atoms with Gasteiger partial charge in [-0.2, -0.15) is 0 Å². The predicted molar refractivity (Wildman–Crippen MR) is 92.1 cm³/mol. The molecule has 0 fully saturated rings. The normalized spacial score (nSPS) is 10.7. The molecule has 3 heteroatoms. The smallest absolute Gasteiger partial charge is 0.145 e. The first kappa shape index (κ1) is 14.8. The van der Waals surface area contributed by atoms with Gasteiger partial charge in [0, 0.05) is 9.79 Å². The van der Waals surface area contributed by atoms with Crippen molar-refractivity contribution >= 4 is 30.2 Å². The lowest BCUT2D eigenvalue weighted by Crippen LogP contribution is -1.89. The summed E-state index contributed by atoms with van der Waals surface area (Å²) >= 11 is 4.18. The highest BCUT2D eigenvalue weighted by molar-refractivity contribution is 8.50. The molecule has 0 aromatic heterocycles. The maximum absolute atomic E-state index is 2.22. The fraction of sp³-hybridized carbons (Fsp3) is 0.250. The number of aryl methyl sites for hydroxylation is 4. The van der Waals surface area contributed by atoms with E-state index < -0.39 is 0 Å². The molecular formula is C16H20S2Si. The Hall–Kier alpha value is -0.643. The van der Waals surface area contributed by atoms with Crippen LogP contribution in [0.15, 0.2) is 46.2 Å². The molecule has 0 N–H and O–H groups in total. The molecule has 100 valence electrons. The first-order valence-corrected chi connectivity index (χ1v) is 11.9. The Kier molecular flexibility index (Phi) is 5.19. The summed E-state index contributed by atoms with van der Waals surface area (Å²) in [5.41, 5.74) is 5.67. The highest BCUT2D eigenvalue weighted by atomic mass is 32.6. The molecule has 2 aromatic carbocycles. The van der Waals surface area contributed by atoms with Gasteiger partial charge in [-0.05, 0) is 49.9 Å². The van der Waals surface area contributed by atoms with Gasteiger partial charge in [0.2, 0.25) is 0 Å². The van der Waals surface area contributed by atoms with Crippen molar-refractivity contribution in [3.63, 3.8) is 0 Å². The largest absolute Gasteiger partial charge is 0.158 e. The third-order valence-electron chi connectivity index (χ3n) is 3.22. The van der Waals surface area contributed by atoms with Crippen LogP contribution in [0.4, 0.5) is 0 Å². The van der Waals surface area contributed by atoms with Gasteiger partial charge < -0.3 is 0 Å². The van der Waals surface area contributed by atoms with Crippen molar-refractivity contribution in [3.05, 3.63) is 58.7 Å². The van der Waals surface area contributed by atoms with E-state index in [-0.39, 0.29) is 7.82 Å². The molecule has 0 amide bonds. The first-order chi connectivity index (χ1) is 9.09. The molecule has 0 aliphatic heterocycles. The monoisotopic (exact) mass is 304 g/mol. The number of benzene rings is 2. The summed E-state index contributed by atoms with van der Waals surface area (Å²) < 4.78 is 0. The van der Waals surface area contributed by atoms with Gasteiger partial charge in [-0.15, -0.1) is 22.4 Å². The SMILES string of the molecule is Cc1cccc(C)c1S[SiH2]Sc1c(C)cccc1C. The van der Waals surface area contributed by atoms with E-state index in [4.69, 9.17) is 0 Å². The molecule has 0 heterocycles. The standard InChI is InChI=1S/C16H20S2Si/c1-11-7-5-8-12(2)15(11)17-19-18-16-13(3)9-6-10-14(16)4/h5-10H,19H2,1-4H3. The van der Waals surface area contributed by atoms with E-state index in [0.29, 0.717) is 0 Å². The van der Waals surface area contributed by atoms with Crippen molar-refractivity contribution in [2.75, 3.05) is 0 Å². The molecule has 0 saturated heterocycles. The van der Waals surface area contributed by atoms with Crippen molar-refractivity contribution in [3.8, 4) is 0 Å². The van der Waals surface area contributed by atoms with Crippen molar-refractivity contribution in [1.82, 2.24) is 0 Å². The Morgan fingerprint density at radius 2 is 0.947 bits per heavy atom. The second kappa shape index (κ2) is 6.68. The van der Waals surface area contributed by atoms with Gasteiger partial charge in [-0.3, -0.25) is 0 Å². The predicted octanol–water partition coefficient (Wildman–Crippen LogP) is 4.80. The fourth-order valence-corrected chi connectivity index (χ4v) is 9.95. The van der Waals surface area contributed by atoms with Crippen molar-refractivity contribution in [2.24, 2.45) is 0 Å². The van der Waals surface area contributed by atoms with Crippen LogP contribution in [-0.2, 0) is 0 Å². The lowest BCUT2D eigenvalue weighted by atomic mass is 10.2. The minimum Gasteiger partial charge on any atom is -0.145 e. The van der Waals surface area contributed by atoms with Crippen molar-refractivity contribution < 1.29 is 0 Å². The molecule has 0 spiro atoms. The molecule has 0 unspecified atom stereocenters. The van der Waals surface area contributed by atoms with Crippen molar-refractivity contribution in [2.45, 2.75) is 37.5 Å². The Bertz CT molecular complexity index is 487. The summed E-state index contributed by atoms with van der Waals surface area (Å²) in [6, 6.07) is 13.2. The zero-order valence-electron chi connectivity index (χ0n) is 12.0. The molecule has 0 bridgehead atoms. The topological polar surface area (TPSA) is 0 Å². The molecule has 0 nitrogen and oxygen atoms in total. The first-order valence-electron chi connectivity index (χ1n) is 6.47. The summed E-state index contributed by atoms with van der Waals surface area (Å²) in [6.07, 6.45) is 0. The molecule has 0 aliphatic carbocycles. The molecule has 19 heavy (non-hydrogen) atoms. The fourth-order valence-electron chi connectivity index (χ4n) is 2.20. The zero-order chi connectivity index (χ0) is 13.8. The lowest BCUT2D eigenvalue weighted by molar-refractivity contribution is 1.22. The van der Waals surface area contributed by atoms with E-state index in [2.05, 4.69) is 86.5 Å². The van der Waals surface area contributed by atoms with E-state index in [1.54, 1.807) is 0 Å². The van der Waals surface area contributed by atoms with Crippen LogP contribution in [0.2, 0.25) is 0 Å². The summed E-state index contributed by atoms with van der Waals surface area (Å²) in [7, 11) is -0.237. The quantitative estimate of drug-likeness (QED) is 0.744. The van der Waals surface area contributed by atoms with Crippen LogP contribution in [0, 0.1) is 27.7 Å². The average molecular weight is 305 g/mol. The summed E-state index contributed by atoms with van der Waals surface area (Å²) in [5.74, 6) is 0. The van der Waals surface area contributed by atoms with Crippen LogP contribution < -0.4 is 0 Å². The van der Waals surface area contributed by atoms with E-state index in [9.17, 15) is 0 Å². The van der Waals surface area contributed by atoms with Crippen LogP contribution in [0.5, 0.6) is 0 Å². The molecule has 2 aromatic rings. The summed E-state index contributed by atoms with van der Waals surface area (Å²) in [6.45, 7) is 8.86. The Morgan fingerprint density at radius 1 is 0.632 bits per heavy atom. The zero-order valence-corrected chi connectivity index (χ0v) is 15.0. The molecule has 0 atom stereocenters. The minimum absolute atomic E-state index is 0.237. The lowest BCUT2D eigenvalue weighted by Gasteiger charge is -2.11. The number of hydrogen-bond acceptors (Lipinski definition) is 2. The van der Waals surface area contributed by atoms with Crippen LogP contribution in [-0.4, -0.2) is 7.82 Å². The van der Waals surface area contributed by atoms with E-state index in [1.807, 2.05) is 0 Å². The van der Waals surface area contributed by atoms with Crippen LogP contribution in [0.1, 0.15) is 22.3 Å². The number of rotatable bonds is 4. The molecule has 0 radical (unpaired) electrons. The highest BCUT2D eigenvalue weighted by Gasteiger charge is 2.06. The third-order valence-corrected chi connectivity index (χ3v) is 9.89. The van der Waals surface area contributed by atoms with Crippen LogP contribution in [0.25, 0.3) is 0 Å². The van der Waals surface area contributed by atoms with Gasteiger partial charge in [0.25, 0.3) is 0 Å². The van der Waals surface area contributed by atoms with Crippen LogP contribution in [0.3, 0.4) is 0 Å². The van der Waals surface area contributed by atoms with E-state index >= 15 is 0 Å². The maximum Gasteiger partial charge on any atom is 0.158 e. The molecule has 0 aliphatic rings. The third kappa shape index (κ3) is 3.68. The van der Waals surface area contributed by atoms with Gasteiger partial charge in [-0.1, -0.05) is 36.4 Å². The summed E-state index contributed by atoms with van der Waals surface area (Å²) in [5, 5.41) is 0. The van der Waals surface area contributed by atoms with Gasteiger partial charge in [0.05, 0.1) is 0 Å². The molecule has 0 saturated carbocycles. The highest BCUT2D eigenvalue weighted by Crippen LogP contribution is 2.32. The van der Waals surface area contributed by atoms with Crippen LogP contribution >= 0.6 is 22.4 Å². The minimum atomic E-state index is -0.237. The second-order valence-corrected chi connectivity index (χ2v) is 11.0. The van der Waals surface area contributed by atoms with E-state index in [1.165, 1.54) is 32.0 Å². The second-order valence-electron chi connectivity index (χ2n) is 4.85.